The molecule has 0 spiro atoms. The number of non-ortho nitro benzene ring substituents is 1. The number of hydrogen-bond donors (Lipinski definition) is 2. The molecular weight excluding hydrogens is 410 g/mol. The Bertz CT molecular complexity index is 1130. The van der Waals surface area contributed by atoms with Crippen molar-refractivity contribution in [2.75, 3.05) is 16.8 Å². The monoisotopic (exact) mass is 429 g/mol. The van der Waals surface area contributed by atoms with E-state index >= 15 is 0 Å². The van der Waals surface area contributed by atoms with E-state index in [1.807, 2.05) is 0 Å². The van der Waals surface area contributed by atoms with E-state index in [9.17, 15) is 14.9 Å². The van der Waals surface area contributed by atoms with Gasteiger partial charge in [0.2, 0.25) is 5.91 Å². The predicted molar refractivity (Wildman–Crippen MR) is 116 cm³/mol. The number of anilines is 2. The molecular formula is C19H19N5O3S2. The molecule has 4 rings (SSSR count). The van der Waals surface area contributed by atoms with Crippen molar-refractivity contribution in [2.24, 2.45) is 0 Å². The maximum atomic E-state index is 12.3. The van der Waals surface area contributed by atoms with Crippen molar-refractivity contribution in [3.8, 4) is 0 Å². The Balaban J connectivity index is 1.48. The van der Waals surface area contributed by atoms with Gasteiger partial charge in [0.25, 0.3) is 5.69 Å². The Labute approximate surface area is 175 Å². The van der Waals surface area contributed by atoms with Crippen LogP contribution in [0.3, 0.4) is 0 Å². The van der Waals surface area contributed by atoms with Crippen molar-refractivity contribution in [1.29, 1.82) is 0 Å². The van der Waals surface area contributed by atoms with Gasteiger partial charge in [-0.3, -0.25) is 14.9 Å². The average molecular weight is 430 g/mol. The molecule has 1 aromatic carbocycles. The zero-order chi connectivity index (χ0) is 20.5. The molecule has 0 fully saturated rings. The van der Waals surface area contributed by atoms with Crippen LogP contribution >= 0.6 is 23.1 Å². The first-order valence-electron chi connectivity index (χ1n) is 9.18. The van der Waals surface area contributed by atoms with Crippen LogP contribution in [0.2, 0.25) is 0 Å². The number of nitrogen functional groups attached to an aromatic ring is 1. The van der Waals surface area contributed by atoms with Gasteiger partial charge in [-0.05, 0) is 43.7 Å². The molecule has 0 bridgehead atoms. The number of hydrogen-bond acceptors (Lipinski definition) is 8. The van der Waals surface area contributed by atoms with Crippen LogP contribution in [0.15, 0.2) is 23.4 Å². The largest absolute Gasteiger partial charge is 0.383 e. The van der Waals surface area contributed by atoms with E-state index in [1.54, 1.807) is 24.3 Å². The number of aromatic nitrogens is 2. The van der Waals surface area contributed by atoms with Crippen molar-refractivity contribution < 1.29 is 9.72 Å². The van der Waals surface area contributed by atoms with E-state index in [4.69, 9.17) is 5.73 Å². The molecule has 0 unspecified atom stereocenters. The van der Waals surface area contributed by atoms with Crippen molar-refractivity contribution in [1.82, 2.24) is 9.97 Å². The second kappa shape index (κ2) is 7.96. The smallest absolute Gasteiger partial charge is 0.271 e. The number of fused-ring (bicyclic) bond motifs is 3. The number of nitro groups is 1. The van der Waals surface area contributed by atoms with E-state index < -0.39 is 4.92 Å². The topological polar surface area (TPSA) is 124 Å². The summed E-state index contributed by atoms with van der Waals surface area (Å²) in [5.41, 5.74) is 8.58. The summed E-state index contributed by atoms with van der Waals surface area (Å²) in [6.45, 7) is 1.78. The summed E-state index contributed by atoms with van der Waals surface area (Å²) in [7, 11) is 0. The number of aryl methyl sites for hydroxylation is 3. The number of thioether (sulfide) groups is 1. The number of thiophene rings is 1. The Morgan fingerprint density at radius 2 is 2.14 bits per heavy atom. The second-order valence-electron chi connectivity index (χ2n) is 6.88. The first-order valence-corrected chi connectivity index (χ1v) is 11.0. The normalized spacial score (nSPS) is 13.3. The molecule has 0 atom stereocenters. The van der Waals surface area contributed by atoms with Crippen LogP contribution in [-0.4, -0.2) is 26.6 Å². The van der Waals surface area contributed by atoms with E-state index in [0.29, 0.717) is 16.7 Å². The summed E-state index contributed by atoms with van der Waals surface area (Å²) >= 11 is 2.86. The van der Waals surface area contributed by atoms with E-state index in [0.717, 1.165) is 35.0 Å². The lowest BCUT2D eigenvalue weighted by Gasteiger charge is -2.10. The van der Waals surface area contributed by atoms with Gasteiger partial charge >= 0.3 is 0 Å². The molecule has 1 aliphatic rings. The molecule has 10 heteroatoms. The van der Waals surface area contributed by atoms with Crippen molar-refractivity contribution in [3.05, 3.63) is 44.3 Å². The van der Waals surface area contributed by atoms with E-state index in [-0.39, 0.29) is 17.3 Å². The Kier molecular flexibility index (Phi) is 5.37. The standard InChI is InChI=1S/C19H19N5O3S2/c1-10-6-7-11(24(26)27)8-13(10)21-15(25)9-28-19-22-17(20)16-12-4-2-3-5-14(12)29-18(16)23-19/h6-8H,2-5,9H2,1H3,(H,21,25)(H2,20,22,23). The molecule has 8 nitrogen and oxygen atoms in total. The molecule has 2 aromatic heterocycles. The molecule has 0 saturated carbocycles. The Morgan fingerprint density at radius 1 is 1.34 bits per heavy atom. The van der Waals surface area contributed by atoms with Gasteiger partial charge in [0, 0.05) is 17.0 Å². The highest BCUT2D eigenvalue weighted by Crippen LogP contribution is 2.38. The number of nitrogens with one attached hydrogen (secondary N) is 1. The van der Waals surface area contributed by atoms with Crippen molar-refractivity contribution >= 4 is 56.4 Å². The Hall–Kier alpha value is -2.72. The molecule has 1 aliphatic carbocycles. The highest BCUT2D eigenvalue weighted by molar-refractivity contribution is 7.99. The molecule has 2 heterocycles. The first kappa shape index (κ1) is 19.6. The minimum absolute atomic E-state index is 0.0678. The fraction of sp³-hybridized carbons (Fsp3) is 0.316. The van der Waals surface area contributed by atoms with Crippen LogP contribution in [0.4, 0.5) is 17.2 Å². The summed E-state index contributed by atoms with van der Waals surface area (Å²) in [5, 5.41) is 15.1. The summed E-state index contributed by atoms with van der Waals surface area (Å²) < 4.78 is 0. The Morgan fingerprint density at radius 3 is 2.93 bits per heavy atom. The SMILES string of the molecule is Cc1ccc([N+](=O)[O-])cc1NC(=O)CSc1nc(N)c2c3c(sc2n1)CCCC3. The van der Waals surface area contributed by atoms with Crippen LogP contribution in [-0.2, 0) is 17.6 Å². The van der Waals surface area contributed by atoms with Crippen LogP contribution in [0, 0.1) is 17.0 Å². The molecule has 0 radical (unpaired) electrons. The van der Waals surface area contributed by atoms with Crippen molar-refractivity contribution in [3.63, 3.8) is 0 Å². The van der Waals surface area contributed by atoms with Gasteiger partial charge in [-0.15, -0.1) is 11.3 Å². The lowest BCUT2D eigenvalue weighted by Crippen LogP contribution is -2.15. The van der Waals surface area contributed by atoms with Crippen LogP contribution in [0.1, 0.15) is 28.8 Å². The van der Waals surface area contributed by atoms with Crippen molar-refractivity contribution in [2.45, 2.75) is 37.8 Å². The summed E-state index contributed by atoms with van der Waals surface area (Å²) in [4.78, 5) is 34.0. The number of carbonyl (C=O) groups is 1. The van der Waals surface area contributed by atoms with Gasteiger partial charge in [0.1, 0.15) is 10.6 Å². The number of nitrogens with zero attached hydrogens (tertiary/aromatic N) is 3. The molecule has 0 saturated heterocycles. The number of amides is 1. The third-order valence-electron chi connectivity index (χ3n) is 4.86. The van der Waals surface area contributed by atoms with Crippen LogP contribution in [0.25, 0.3) is 10.2 Å². The minimum Gasteiger partial charge on any atom is -0.383 e. The molecule has 3 N–H and O–H groups in total. The maximum absolute atomic E-state index is 12.3. The number of benzene rings is 1. The first-order chi connectivity index (χ1) is 13.9. The van der Waals surface area contributed by atoms with Gasteiger partial charge in [0.05, 0.1) is 21.7 Å². The van der Waals surface area contributed by atoms with E-state index in [2.05, 4.69) is 15.3 Å². The van der Waals surface area contributed by atoms with Gasteiger partial charge in [-0.2, -0.15) is 0 Å². The van der Waals surface area contributed by atoms with Gasteiger partial charge in [-0.1, -0.05) is 17.8 Å². The second-order valence-corrected chi connectivity index (χ2v) is 8.90. The molecule has 0 aliphatic heterocycles. The number of carbonyl (C=O) groups excluding carboxylic acids is 1. The molecule has 150 valence electrons. The molecule has 29 heavy (non-hydrogen) atoms. The fourth-order valence-electron chi connectivity index (χ4n) is 3.40. The number of rotatable bonds is 5. The van der Waals surface area contributed by atoms with E-state index in [1.165, 1.54) is 40.8 Å². The van der Waals surface area contributed by atoms with Gasteiger partial charge in [0.15, 0.2) is 5.16 Å². The average Bonchev–Trinajstić information content (AvgIpc) is 3.06. The molecule has 1 amide bonds. The lowest BCUT2D eigenvalue weighted by molar-refractivity contribution is -0.384. The third kappa shape index (κ3) is 4.03. The highest BCUT2D eigenvalue weighted by atomic mass is 32.2. The lowest BCUT2D eigenvalue weighted by atomic mass is 9.97. The quantitative estimate of drug-likeness (QED) is 0.271. The summed E-state index contributed by atoms with van der Waals surface area (Å²) in [5.74, 6) is 0.260. The minimum atomic E-state index is -0.490. The van der Waals surface area contributed by atoms with Gasteiger partial charge < -0.3 is 11.1 Å². The van der Waals surface area contributed by atoms with Gasteiger partial charge in [-0.25, -0.2) is 9.97 Å². The number of nitrogens with two attached hydrogens (primary N) is 1. The molecule has 3 aromatic rings. The van der Waals surface area contributed by atoms with Crippen LogP contribution in [0.5, 0.6) is 0 Å². The summed E-state index contributed by atoms with van der Waals surface area (Å²) in [6.07, 6.45) is 4.42. The predicted octanol–water partition coefficient (Wildman–Crippen LogP) is 4.10. The fourth-order valence-corrected chi connectivity index (χ4v) is 5.38. The number of nitro benzene ring substituents is 1. The summed E-state index contributed by atoms with van der Waals surface area (Å²) in [6, 6.07) is 4.37. The highest BCUT2D eigenvalue weighted by Gasteiger charge is 2.20. The third-order valence-corrected chi connectivity index (χ3v) is 6.89. The maximum Gasteiger partial charge on any atom is 0.271 e. The van der Waals surface area contributed by atoms with Crippen LogP contribution < -0.4 is 11.1 Å². The zero-order valence-corrected chi connectivity index (χ0v) is 17.4. The zero-order valence-electron chi connectivity index (χ0n) is 15.7.